The summed E-state index contributed by atoms with van der Waals surface area (Å²) in [4.78, 5) is 6.51. The molecule has 0 atom stereocenters. The Hall–Kier alpha value is -1.09. The van der Waals surface area contributed by atoms with Crippen LogP contribution >= 0.6 is 15.9 Å². The molecule has 0 aromatic carbocycles. The minimum absolute atomic E-state index is 0.752. The molecule has 0 spiro atoms. The zero-order chi connectivity index (χ0) is 12.3. The quantitative estimate of drug-likeness (QED) is 0.770. The van der Waals surface area contributed by atoms with Gasteiger partial charge in [0.05, 0.1) is 5.69 Å². The molecule has 0 fully saturated rings. The van der Waals surface area contributed by atoms with Gasteiger partial charge < -0.3 is 4.90 Å². The standard InChI is InChI=1S/C13H17BrN2/c1-9(2)16(10(3)4)13-7-11(5)6-12(8-14)15-13/h6-7H,1,3,8H2,2,4-5H3. The van der Waals surface area contributed by atoms with E-state index in [0.717, 1.165) is 28.2 Å². The van der Waals surface area contributed by atoms with Crippen molar-refractivity contribution in [1.29, 1.82) is 0 Å². The molecule has 0 aliphatic rings. The molecule has 3 heteroatoms. The van der Waals surface area contributed by atoms with Gasteiger partial charge >= 0.3 is 0 Å². The van der Waals surface area contributed by atoms with Crippen molar-refractivity contribution in [3.63, 3.8) is 0 Å². The van der Waals surface area contributed by atoms with Crippen molar-refractivity contribution < 1.29 is 0 Å². The highest BCUT2D eigenvalue weighted by Gasteiger charge is 2.10. The van der Waals surface area contributed by atoms with E-state index in [0.29, 0.717) is 0 Å². The molecule has 1 aromatic rings. The smallest absolute Gasteiger partial charge is 0.137 e. The molecule has 1 aromatic heterocycles. The van der Waals surface area contributed by atoms with Crippen LogP contribution in [0.3, 0.4) is 0 Å². The van der Waals surface area contributed by atoms with E-state index in [1.54, 1.807) is 0 Å². The molecule has 0 saturated heterocycles. The first kappa shape index (κ1) is 13.0. The lowest BCUT2D eigenvalue weighted by molar-refractivity contribution is 1.01. The van der Waals surface area contributed by atoms with Crippen LogP contribution in [0.25, 0.3) is 0 Å². The Balaban J connectivity index is 3.24. The molecule has 1 heterocycles. The van der Waals surface area contributed by atoms with E-state index in [2.05, 4.69) is 47.1 Å². The predicted molar refractivity (Wildman–Crippen MR) is 73.7 cm³/mol. The van der Waals surface area contributed by atoms with E-state index in [1.807, 2.05) is 24.8 Å². The largest absolute Gasteiger partial charge is 0.304 e. The van der Waals surface area contributed by atoms with Crippen LogP contribution in [0.4, 0.5) is 5.82 Å². The molecule has 0 aliphatic heterocycles. The van der Waals surface area contributed by atoms with Crippen molar-refractivity contribution in [2.45, 2.75) is 26.1 Å². The normalized spacial score (nSPS) is 10.0. The third-order valence-electron chi connectivity index (χ3n) is 2.14. The van der Waals surface area contributed by atoms with Crippen molar-refractivity contribution >= 4 is 21.7 Å². The molecule has 0 saturated carbocycles. The summed E-state index contributed by atoms with van der Waals surface area (Å²) in [6, 6.07) is 4.10. The van der Waals surface area contributed by atoms with Crippen molar-refractivity contribution in [3.05, 3.63) is 47.9 Å². The van der Waals surface area contributed by atoms with E-state index < -0.39 is 0 Å². The summed E-state index contributed by atoms with van der Waals surface area (Å²) in [5.74, 6) is 0.884. The fourth-order valence-corrected chi connectivity index (χ4v) is 1.91. The average molecular weight is 281 g/mol. The summed E-state index contributed by atoms with van der Waals surface area (Å²) in [6.07, 6.45) is 0. The first-order valence-electron chi connectivity index (χ1n) is 5.10. The number of aryl methyl sites for hydroxylation is 1. The van der Waals surface area contributed by atoms with Crippen LogP contribution in [0.5, 0.6) is 0 Å². The van der Waals surface area contributed by atoms with Gasteiger partial charge in [-0.3, -0.25) is 0 Å². The van der Waals surface area contributed by atoms with E-state index in [9.17, 15) is 0 Å². The van der Waals surface area contributed by atoms with Gasteiger partial charge in [-0.15, -0.1) is 0 Å². The number of halogens is 1. The van der Waals surface area contributed by atoms with Gasteiger partial charge in [-0.05, 0) is 38.5 Å². The number of alkyl halides is 1. The molecule has 1 rings (SSSR count). The summed E-state index contributed by atoms with van der Waals surface area (Å²) < 4.78 is 0. The van der Waals surface area contributed by atoms with Crippen LogP contribution < -0.4 is 4.90 Å². The van der Waals surface area contributed by atoms with E-state index >= 15 is 0 Å². The number of hydrogen-bond acceptors (Lipinski definition) is 2. The molecular formula is C13H17BrN2. The number of pyridine rings is 1. The monoisotopic (exact) mass is 280 g/mol. The molecule has 2 nitrogen and oxygen atoms in total. The number of allylic oxidation sites excluding steroid dienone is 2. The summed E-state index contributed by atoms with van der Waals surface area (Å²) >= 11 is 3.42. The number of hydrogen-bond donors (Lipinski definition) is 0. The SMILES string of the molecule is C=C(C)N(C(=C)C)c1cc(C)cc(CBr)n1. The van der Waals surface area contributed by atoms with Gasteiger partial charge in [0.15, 0.2) is 0 Å². The van der Waals surface area contributed by atoms with E-state index in [-0.39, 0.29) is 0 Å². The maximum absolute atomic E-state index is 4.55. The maximum Gasteiger partial charge on any atom is 0.137 e. The Bertz CT molecular complexity index is 410. The Kier molecular flexibility index (Phi) is 4.30. The van der Waals surface area contributed by atoms with Crippen LogP contribution in [0.2, 0.25) is 0 Å². The van der Waals surface area contributed by atoms with E-state index in [1.165, 1.54) is 5.56 Å². The number of nitrogens with zero attached hydrogens (tertiary/aromatic N) is 2. The van der Waals surface area contributed by atoms with Gasteiger partial charge in [0.1, 0.15) is 5.82 Å². The predicted octanol–water partition coefficient (Wildman–Crippen LogP) is 4.16. The summed E-state index contributed by atoms with van der Waals surface area (Å²) in [5, 5.41) is 0.752. The molecule has 0 amide bonds. The fourth-order valence-electron chi connectivity index (χ4n) is 1.62. The van der Waals surface area contributed by atoms with Crippen molar-refractivity contribution in [3.8, 4) is 0 Å². The second-order valence-corrected chi connectivity index (χ2v) is 4.49. The average Bonchev–Trinajstić information content (AvgIpc) is 2.15. The summed E-state index contributed by atoms with van der Waals surface area (Å²) in [6.45, 7) is 13.9. The lowest BCUT2D eigenvalue weighted by atomic mass is 10.2. The minimum atomic E-state index is 0.752. The first-order chi connectivity index (χ1) is 7.45. The van der Waals surface area contributed by atoms with Crippen molar-refractivity contribution in [1.82, 2.24) is 4.98 Å². The fraction of sp³-hybridized carbons (Fsp3) is 0.308. The molecular weight excluding hydrogens is 264 g/mol. The first-order valence-corrected chi connectivity index (χ1v) is 6.22. The minimum Gasteiger partial charge on any atom is -0.304 e. The van der Waals surface area contributed by atoms with Crippen LogP contribution in [0.1, 0.15) is 25.1 Å². The highest BCUT2D eigenvalue weighted by molar-refractivity contribution is 9.08. The van der Waals surface area contributed by atoms with Gasteiger partial charge in [-0.1, -0.05) is 29.1 Å². The molecule has 0 aliphatic carbocycles. The molecule has 86 valence electrons. The lowest BCUT2D eigenvalue weighted by Gasteiger charge is -2.24. The third kappa shape index (κ3) is 2.95. The zero-order valence-corrected chi connectivity index (χ0v) is 11.6. The van der Waals surface area contributed by atoms with Gasteiger partial charge in [0.2, 0.25) is 0 Å². The Morgan fingerprint density at radius 3 is 2.31 bits per heavy atom. The molecule has 0 N–H and O–H groups in total. The number of aromatic nitrogens is 1. The van der Waals surface area contributed by atoms with Crippen molar-refractivity contribution in [2.24, 2.45) is 0 Å². The number of rotatable bonds is 4. The second-order valence-electron chi connectivity index (χ2n) is 3.93. The van der Waals surface area contributed by atoms with Crippen LogP contribution in [-0.4, -0.2) is 4.98 Å². The van der Waals surface area contributed by atoms with Gasteiger partial charge in [0.25, 0.3) is 0 Å². The Morgan fingerprint density at radius 2 is 1.88 bits per heavy atom. The third-order valence-corrected chi connectivity index (χ3v) is 2.71. The maximum atomic E-state index is 4.55. The second kappa shape index (κ2) is 5.30. The van der Waals surface area contributed by atoms with Gasteiger partial charge in [-0.2, -0.15) is 0 Å². The topological polar surface area (TPSA) is 16.1 Å². The highest BCUT2D eigenvalue weighted by atomic mass is 79.9. The Morgan fingerprint density at radius 1 is 1.31 bits per heavy atom. The molecule has 16 heavy (non-hydrogen) atoms. The molecule has 0 unspecified atom stereocenters. The zero-order valence-electron chi connectivity index (χ0n) is 10.0. The van der Waals surface area contributed by atoms with Gasteiger partial charge in [0, 0.05) is 16.7 Å². The van der Waals surface area contributed by atoms with E-state index in [4.69, 9.17) is 0 Å². The lowest BCUT2D eigenvalue weighted by Crippen LogP contribution is -2.18. The summed E-state index contributed by atoms with van der Waals surface area (Å²) in [5.41, 5.74) is 4.05. The number of anilines is 1. The summed E-state index contributed by atoms with van der Waals surface area (Å²) in [7, 11) is 0. The highest BCUT2D eigenvalue weighted by Crippen LogP contribution is 2.22. The molecule has 0 radical (unpaired) electrons. The van der Waals surface area contributed by atoms with Crippen LogP contribution in [0, 0.1) is 6.92 Å². The molecule has 0 bridgehead atoms. The van der Waals surface area contributed by atoms with Crippen LogP contribution in [-0.2, 0) is 5.33 Å². The Labute approximate surface area is 106 Å². The van der Waals surface area contributed by atoms with Gasteiger partial charge in [-0.25, -0.2) is 4.98 Å². The van der Waals surface area contributed by atoms with Crippen molar-refractivity contribution in [2.75, 3.05) is 4.90 Å². The van der Waals surface area contributed by atoms with Crippen LogP contribution in [0.15, 0.2) is 36.7 Å².